The Balaban J connectivity index is 3.43. The minimum atomic E-state index is -0.580. The summed E-state index contributed by atoms with van der Waals surface area (Å²) in [5.74, 6) is 0.159. The van der Waals surface area contributed by atoms with E-state index in [0.29, 0.717) is 12.8 Å². The molecule has 2 atom stereocenters. The molecule has 0 aromatic heterocycles. The molecule has 0 aliphatic carbocycles. The van der Waals surface area contributed by atoms with Crippen LogP contribution < -0.4 is 5.32 Å². The van der Waals surface area contributed by atoms with E-state index in [2.05, 4.69) is 17.1 Å². The topological polar surface area (TPSA) is 72.8 Å². The van der Waals surface area contributed by atoms with Crippen LogP contribution in [0.2, 0.25) is 0 Å². The van der Waals surface area contributed by atoms with E-state index in [1.807, 2.05) is 14.1 Å². The van der Waals surface area contributed by atoms with Crippen LogP contribution in [0, 0.1) is 0 Å². The molecule has 0 aliphatic rings. The van der Waals surface area contributed by atoms with Gasteiger partial charge in [-0.2, -0.15) is 0 Å². The van der Waals surface area contributed by atoms with Gasteiger partial charge in [0.05, 0.1) is 12.2 Å². The van der Waals surface area contributed by atoms with Crippen LogP contribution >= 0.6 is 0 Å². The first-order chi connectivity index (χ1) is 13.5. The van der Waals surface area contributed by atoms with Crippen LogP contribution in [0.5, 0.6) is 0 Å². The predicted molar refractivity (Wildman–Crippen MR) is 119 cm³/mol. The molecular weight excluding hydrogens is 352 g/mol. The summed E-state index contributed by atoms with van der Waals surface area (Å²) in [4.78, 5) is 13.8. The zero-order chi connectivity index (χ0) is 21.0. The molecule has 0 saturated carbocycles. The minimum absolute atomic E-state index is 0.159. The summed E-state index contributed by atoms with van der Waals surface area (Å²) >= 11 is 0. The average molecular weight is 401 g/mol. The summed E-state index contributed by atoms with van der Waals surface area (Å²) in [6.07, 6.45) is 14.2. The molecule has 0 aliphatic heterocycles. The first kappa shape index (κ1) is 27.4. The van der Waals surface area contributed by atoms with Gasteiger partial charge in [-0.3, -0.25) is 4.79 Å². The maximum absolute atomic E-state index is 11.7. The van der Waals surface area contributed by atoms with Crippen molar-refractivity contribution in [2.45, 2.75) is 115 Å². The largest absolute Gasteiger partial charge is 0.390 e. The SMILES string of the molecule is CCCCCCCCC(O)C(O)CCCCCCCC(=O)NCCCN(C)C. The Morgan fingerprint density at radius 2 is 1.29 bits per heavy atom. The van der Waals surface area contributed by atoms with Gasteiger partial charge in [-0.1, -0.05) is 71.1 Å². The molecule has 5 nitrogen and oxygen atoms in total. The van der Waals surface area contributed by atoms with Crippen LogP contribution in [-0.4, -0.2) is 60.4 Å². The van der Waals surface area contributed by atoms with Crippen LogP contribution in [0.1, 0.15) is 103 Å². The van der Waals surface area contributed by atoms with E-state index in [4.69, 9.17) is 0 Å². The molecule has 0 aromatic rings. The standard InChI is InChI=1S/C23H48N2O3/c1-4-5-6-7-9-12-16-21(26)22(27)17-13-10-8-11-14-18-23(28)24-19-15-20-25(2)3/h21-22,26-27H,4-20H2,1-3H3,(H,24,28). The lowest BCUT2D eigenvalue weighted by Gasteiger charge is -2.17. The number of nitrogens with zero attached hydrogens (tertiary/aromatic N) is 1. The molecule has 0 rings (SSSR count). The van der Waals surface area contributed by atoms with Gasteiger partial charge in [-0.25, -0.2) is 0 Å². The van der Waals surface area contributed by atoms with Crippen molar-refractivity contribution in [1.82, 2.24) is 10.2 Å². The number of amides is 1. The predicted octanol–water partition coefficient (Wildman–Crippen LogP) is 4.26. The molecule has 28 heavy (non-hydrogen) atoms. The first-order valence-electron chi connectivity index (χ1n) is 11.7. The zero-order valence-electron chi connectivity index (χ0n) is 18.9. The maximum Gasteiger partial charge on any atom is 0.219 e. The van der Waals surface area contributed by atoms with E-state index >= 15 is 0 Å². The van der Waals surface area contributed by atoms with E-state index < -0.39 is 12.2 Å². The number of rotatable bonds is 20. The number of aliphatic hydroxyl groups excluding tert-OH is 2. The van der Waals surface area contributed by atoms with Gasteiger partial charge >= 0.3 is 0 Å². The summed E-state index contributed by atoms with van der Waals surface area (Å²) in [6.45, 7) is 3.97. The van der Waals surface area contributed by atoms with Gasteiger partial charge in [0.15, 0.2) is 0 Å². The van der Waals surface area contributed by atoms with E-state index in [9.17, 15) is 15.0 Å². The van der Waals surface area contributed by atoms with Crippen molar-refractivity contribution in [1.29, 1.82) is 0 Å². The number of hydrogen-bond donors (Lipinski definition) is 3. The third kappa shape index (κ3) is 18.7. The Bertz CT molecular complexity index is 351. The van der Waals surface area contributed by atoms with Crippen molar-refractivity contribution in [2.75, 3.05) is 27.2 Å². The third-order valence-corrected chi connectivity index (χ3v) is 5.31. The molecule has 0 heterocycles. The Morgan fingerprint density at radius 3 is 1.82 bits per heavy atom. The second kappa shape index (κ2) is 19.7. The van der Waals surface area contributed by atoms with Gasteiger partial charge in [-0.05, 0) is 46.3 Å². The van der Waals surface area contributed by atoms with E-state index in [-0.39, 0.29) is 5.91 Å². The van der Waals surface area contributed by atoms with Crippen LogP contribution in [0.4, 0.5) is 0 Å². The van der Waals surface area contributed by atoms with E-state index in [0.717, 1.165) is 70.9 Å². The molecule has 0 aromatic carbocycles. The lowest BCUT2D eigenvalue weighted by atomic mass is 9.99. The molecule has 0 fully saturated rings. The highest BCUT2D eigenvalue weighted by atomic mass is 16.3. The first-order valence-corrected chi connectivity index (χ1v) is 11.7. The fourth-order valence-electron chi connectivity index (χ4n) is 3.40. The fourth-order valence-corrected chi connectivity index (χ4v) is 3.40. The summed E-state index contributed by atoms with van der Waals surface area (Å²) < 4.78 is 0. The number of nitrogens with one attached hydrogen (secondary N) is 1. The van der Waals surface area contributed by atoms with Gasteiger partial charge in [-0.15, -0.1) is 0 Å². The molecule has 5 heteroatoms. The molecule has 0 saturated heterocycles. The van der Waals surface area contributed by atoms with E-state index in [1.165, 1.54) is 25.7 Å². The third-order valence-electron chi connectivity index (χ3n) is 5.31. The average Bonchev–Trinajstić information content (AvgIpc) is 2.66. The van der Waals surface area contributed by atoms with Crippen LogP contribution in [0.3, 0.4) is 0 Å². The Labute approximate surface area is 174 Å². The van der Waals surface area contributed by atoms with Gasteiger partial charge in [0, 0.05) is 13.0 Å². The van der Waals surface area contributed by atoms with Crippen LogP contribution in [-0.2, 0) is 4.79 Å². The van der Waals surface area contributed by atoms with Gasteiger partial charge < -0.3 is 20.4 Å². The van der Waals surface area contributed by atoms with Crippen LogP contribution in [0.15, 0.2) is 0 Å². The molecule has 0 radical (unpaired) electrons. The van der Waals surface area contributed by atoms with Crippen molar-refractivity contribution in [3.63, 3.8) is 0 Å². The molecule has 0 spiro atoms. The summed E-state index contributed by atoms with van der Waals surface area (Å²) in [7, 11) is 4.08. The van der Waals surface area contributed by atoms with Gasteiger partial charge in [0.25, 0.3) is 0 Å². The van der Waals surface area contributed by atoms with Gasteiger partial charge in [0.1, 0.15) is 0 Å². The zero-order valence-corrected chi connectivity index (χ0v) is 18.9. The van der Waals surface area contributed by atoms with Crippen molar-refractivity contribution in [3.8, 4) is 0 Å². The number of carbonyl (C=O) groups is 1. The van der Waals surface area contributed by atoms with Crippen molar-refractivity contribution in [3.05, 3.63) is 0 Å². The number of carbonyl (C=O) groups excluding carboxylic acids is 1. The highest BCUT2D eigenvalue weighted by molar-refractivity contribution is 5.75. The highest BCUT2D eigenvalue weighted by Crippen LogP contribution is 2.15. The molecule has 3 N–H and O–H groups in total. The lowest BCUT2D eigenvalue weighted by Crippen LogP contribution is -2.26. The smallest absolute Gasteiger partial charge is 0.219 e. The van der Waals surface area contributed by atoms with Gasteiger partial charge in [0.2, 0.25) is 5.91 Å². The second-order valence-electron chi connectivity index (χ2n) is 8.50. The molecular formula is C23H48N2O3. The Morgan fingerprint density at radius 1 is 0.786 bits per heavy atom. The molecule has 168 valence electrons. The lowest BCUT2D eigenvalue weighted by molar-refractivity contribution is -0.121. The van der Waals surface area contributed by atoms with Crippen molar-refractivity contribution >= 4 is 5.91 Å². The number of hydrogen-bond acceptors (Lipinski definition) is 4. The monoisotopic (exact) mass is 400 g/mol. The number of unbranched alkanes of at least 4 members (excludes halogenated alkanes) is 9. The second-order valence-corrected chi connectivity index (χ2v) is 8.50. The van der Waals surface area contributed by atoms with Crippen molar-refractivity contribution in [2.24, 2.45) is 0 Å². The minimum Gasteiger partial charge on any atom is -0.390 e. The van der Waals surface area contributed by atoms with Crippen molar-refractivity contribution < 1.29 is 15.0 Å². The molecule has 2 unspecified atom stereocenters. The molecule has 0 bridgehead atoms. The highest BCUT2D eigenvalue weighted by Gasteiger charge is 2.15. The Kier molecular flexibility index (Phi) is 19.2. The summed E-state index contributed by atoms with van der Waals surface area (Å²) in [6, 6.07) is 0. The molecule has 1 amide bonds. The maximum atomic E-state index is 11.7. The number of aliphatic hydroxyl groups is 2. The van der Waals surface area contributed by atoms with E-state index in [1.54, 1.807) is 0 Å². The summed E-state index contributed by atoms with van der Waals surface area (Å²) in [5.41, 5.74) is 0. The van der Waals surface area contributed by atoms with Crippen LogP contribution in [0.25, 0.3) is 0 Å². The Hall–Kier alpha value is -0.650. The normalized spacial score (nSPS) is 13.6. The summed E-state index contributed by atoms with van der Waals surface area (Å²) in [5, 5.41) is 23.1. The quantitative estimate of drug-likeness (QED) is 0.267. The fraction of sp³-hybridized carbons (Fsp3) is 0.957.